The first-order valence-electron chi connectivity index (χ1n) is 7.06. The van der Waals surface area contributed by atoms with Crippen LogP contribution in [0.4, 0.5) is 11.4 Å². The second-order valence-corrected chi connectivity index (χ2v) is 5.40. The maximum atomic E-state index is 11.6. The minimum atomic E-state index is 0.154. The SMILES string of the molecule is O=C(Nc1ccc(NC2CCCOC2)cc1)C1CC1. The van der Waals surface area contributed by atoms with Gasteiger partial charge in [-0.3, -0.25) is 4.79 Å². The average molecular weight is 260 g/mol. The number of anilines is 2. The van der Waals surface area contributed by atoms with E-state index >= 15 is 0 Å². The number of ether oxygens (including phenoxy) is 1. The summed E-state index contributed by atoms with van der Waals surface area (Å²) >= 11 is 0. The number of hydrogen-bond acceptors (Lipinski definition) is 3. The standard InChI is InChI=1S/C15H20N2O2/c18-15(11-3-4-11)17-13-7-5-12(6-8-13)16-14-2-1-9-19-10-14/h5-8,11,14,16H,1-4,9-10H2,(H,17,18). The smallest absolute Gasteiger partial charge is 0.227 e. The van der Waals surface area contributed by atoms with E-state index in [2.05, 4.69) is 10.6 Å². The Morgan fingerprint density at radius 2 is 1.84 bits per heavy atom. The molecule has 4 nitrogen and oxygen atoms in total. The molecule has 0 radical (unpaired) electrons. The van der Waals surface area contributed by atoms with Gasteiger partial charge in [0.1, 0.15) is 0 Å². The summed E-state index contributed by atoms with van der Waals surface area (Å²) in [6.07, 6.45) is 4.34. The van der Waals surface area contributed by atoms with Crippen LogP contribution in [0.15, 0.2) is 24.3 Å². The molecular formula is C15H20N2O2. The largest absolute Gasteiger partial charge is 0.380 e. The highest BCUT2D eigenvalue weighted by Crippen LogP contribution is 2.30. The minimum absolute atomic E-state index is 0.154. The molecule has 1 saturated carbocycles. The maximum absolute atomic E-state index is 11.6. The van der Waals surface area contributed by atoms with E-state index in [0.717, 1.165) is 50.3 Å². The molecule has 2 N–H and O–H groups in total. The zero-order chi connectivity index (χ0) is 13.1. The van der Waals surface area contributed by atoms with Crippen LogP contribution in [0.2, 0.25) is 0 Å². The van der Waals surface area contributed by atoms with Gasteiger partial charge in [-0.05, 0) is 49.9 Å². The molecule has 1 heterocycles. The predicted octanol–water partition coefficient (Wildman–Crippen LogP) is 2.63. The van der Waals surface area contributed by atoms with Crippen molar-refractivity contribution in [3.05, 3.63) is 24.3 Å². The third-order valence-corrected chi connectivity index (χ3v) is 3.63. The fourth-order valence-electron chi connectivity index (χ4n) is 2.33. The third-order valence-electron chi connectivity index (χ3n) is 3.63. The van der Waals surface area contributed by atoms with Crippen molar-refractivity contribution in [3.63, 3.8) is 0 Å². The van der Waals surface area contributed by atoms with E-state index in [-0.39, 0.29) is 11.8 Å². The molecule has 1 aliphatic carbocycles. The first kappa shape index (κ1) is 12.5. The molecule has 102 valence electrons. The Bertz CT molecular complexity index is 434. The van der Waals surface area contributed by atoms with Crippen LogP contribution in [0.25, 0.3) is 0 Å². The van der Waals surface area contributed by atoms with Crippen LogP contribution in [-0.4, -0.2) is 25.2 Å². The van der Waals surface area contributed by atoms with E-state index in [9.17, 15) is 4.79 Å². The van der Waals surface area contributed by atoms with E-state index in [1.54, 1.807) is 0 Å². The Labute approximate surface area is 113 Å². The highest BCUT2D eigenvalue weighted by Gasteiger charge is 2.29. The number of amides is 1. The molecule has 2 fully saturated rings. The highest BCUT2D eigenvalue weighted by atomic mass is 16.5. The van der Waals surface area contributed by atoms with Crippen molar-refractivity contribution in [3.8, 4) is 0 Å². The molecule has 1 aromatic carbocycles. The lowest BCUT2D eigenvalue weighted by Gasteiger charge is -2.24. The summed E-state index contributed by atoms with van der Waals surface area (Å²) < 4.78 is 5.44. The number of nitrogens with one attached hydrogen (secondary N) is 2. The maximum Gasteiger partial charge on any atom is 0.227 e. The van der Waals surface area contributed by atoms with Gasteiger partial charge in [0.15, 0.2) is 0 Å². The zero-order valence-electron chi connectivity index (χ0n) is 11.0. The molecule has 4 heteroatoms. The van der Waals surface area contributed by atoms with Gasteiger partial charge in [0.05, 0.1) is 6.61 Å². The molecule has 3 rings (SSSR count). The molecule has 1 amide bonds. The van der Waals surface area contributed by atoms with Gasteiger partial charge >= 0.3 is 0 Å². The molecule has 0 spiro atoms. The third kappa shape index (κ3) is 3.47. The van der Waals surface area contributed by atoms with Gasteiger partial charge in [0.25, 0.3) is 0 Å². The Hall–Kier alpha value is -1.55. The topological polar surface area (TPSA) is 50.4 Å². The lowest BCUT2D eigenvalue weighted by atomic mass is 10.1. The predicted molar refractivity (Wildman–Crippen MR) is 75.3 cm³/mol. The number of carbonyl (C=O) groups is 1. The monoisotopic (exact) mass is 260 g/mol. The Balaban J connectivity index is 1.54. The van der Waals surface area contributed by atoms with Gasteiger partial charge in [-0.15, -0.1) is 0 Å². The van der Waals surface area contributed by atoms with Crippen LogP contribution < -0.4 is 10.6 Å². The molecular weight excluding hydrogens is 240 g/mol. The van der Waals surface area contributed by atoms with Crippen molar-refractivity contribution >= 4 is 17.3 Å². The van der Waals surface area contributed by atoms with Gasteiger partial charge in [-0.25, -0.2) is 0 Å². The van der Waals surface area contributed by atoms with Gasteiger partial charge < -0.3 is 15.4 Å². The lowest BCUT2D eigenvalue weighted by Crippen LogP contribution is -2.29. The average Bonchev–Trinajstić information content (AvgIpc) is 3.27. The van der Waals surface area contributed by atoms with Crippen molar-refractivity contribution in [1.29, 1.82) is 0 Å². The Morgan fingerprint density at radius 1 is 1.11 bits per heavy atom. The molecule has 0 bridgehead atoms. The normalized spacial score (nSPS) is 22.8. The molecule has 0 aromatic heterocycles. The van der Waals surface area contributed by atoms with Crippen LogP contribution in [0.3, 0.4) is 0 Å². The van der Waals surface area contributed by atoms with Crippen LogP contribution in [0.1, 0.15) is 25.7 Å². The number of carbonyl (C=O) groups excluding carboxylic acids is 1. The zero-order valence-corrected chi connectivity index (χ0v) is 11.0. The van der Waals surface area contributed by atoms with E-state index in [0.29, 0.717) is 6.04 Å². The number of benzene rings is 1. The molecule has 1 aromatic rings. The lowest BCUT2D eigenvalue weighted by molar-refractivity contribution is -0.117. The molecule has 1 aliphatic heterocycles. The summed E-state index contributed by atoms with van der Waals surface area (Å²) in [5.41, 5.74) is 1.96. The fourth-order valence-corrected chi connectivity index (χ4v) is 2.33. The fraction of sp³-hybridized carbons (Fsp3) is 0.533. The summed E-state index contributed by atoms with van der Waals surface area (Å²) in [6.45, 7) is 1.66. The second kappa shape index (κ2) is 5.61. The van der Waals surface area contributed by atoms with Crippen LogP contribution in [0.5, 0.6) is 0 Å². The molecule has 1 atom stereocenters. The number of hydrogen-bond donors (Lipinski definition) is 2. The van der Waals surface area contributed by atoms with Gasteiger partial charge in [-0.2, -0.15) is 0 Å². The molecule has 2 aliphatic rings. The van der Waals surface area contributed by atoms with E-state index in [1.807, 2.05) is 24.3 Å². The molecule has 1 unspecified atom stereocenters. The summed E-state index contributed by atoms with van der Waals surface area (Å²) in [7, 11) is 0. The summed E-state index contributed by atoms with van der Waals surface area (Å²) in [4.78, 5) is 11.6. The van der Waals surface area contributed by atoms with Crippen LogP contribution in [-0.2, 0) is 9.53 Å². The van der Waals surface area contributed by atoms with Crippen molar-refractivity contribution in [2.45, 2.75) is 31.7 Å². The van der Waals surface area contributed by atoms with E-state index in [4.69, 9.17) is 4.74 Å². The first-order valence-corrected chi connectivity index (χ1v) is 7.06. The van der Waals surface area contributed by atoms with Crippen LogP contribution in [0, 0.1) is 5.92 Å². The second-order valence-electron chi connectivity index (χ2n) is 5.40. The van der Waals surface area contributed by atoms with Crippen molar-refractivity contribution in [1.82, 2.24) is 0 Å². The molecule has 1 saturated heterocycles. The van der Waals surface area contributed by atoms with Crippen LogP contribution >= 0.6 is 0 Å². The quantitative estimate of drug-likeness (QED) is 0.875. The van der Waals surface area contributed by atoms with E-state index in [1.165, 1.54) is 0 Å². The van der Waals surface area contributed by atoms with Crippen molar-refractivity contribution in [2.75, 3.05) is 23.8 Å². The first-order chi connectivity index (χ1) is 9.31. The van der Waals surface area contributed by atoms with Gasteiger partial charge in [0, 0.05) is 29.9 Å². The Morgan fingerprint density at radius 3 is 2.47 bits per heavy atom. The summed E-state index contributed by atoms with van der Waals surface area (Å²) in [6, 6.07) is 8.33. The highest BCUT2D eigenvalue weighted by molar-refractivity contribution is 5.94. The summed E-state index contributed by atoms with van der Waals surface area (Å²) in [5, 5.41) is 6.40. The number of rotatable bonds is 4. The Kier molecular flexibility index (Phi) is 3.69. The minimum Gasteiger partial charge on any atom is -0.380 e. The van der Waals surface area contributed by atoms with Crippen molar-refractivity contribution in [2.24, 2.45) is 5.92 Å². The van der Waals surface area contributed by atoms with Gasteiger partial charge in [-0.1, -0.05) is 0 Å². The van der Waals surface area contributed by atoms with Gasteiger partial charge in [0.2, 0.25) is 5.91 Å². The molecule has 19 heavy (non-hydrogen) atoms. The van der Waals surface area contributed by atoms with E-state index < -0.39 is 0 Å². The summed E-state index contributed by atoms with van der Waals surface area (Å²) in [5.74, 6) is 0.401. The van der Waals surface area contributed by atoms with Crippen molar-refractivity contribution < 1.29 is 9.53 Å².